The Morgan fingerprint density at radius 2 is 1.92 bits per heavy atom. The average Bonchev–Trinajstić information content (AvgIpc) is 3.13. The molecule has 1 aromatic carbocycles. The van der Waals surface area contributed by atoms with E-state index in [1.807, 2.05) is 36.6 Å². The molecular formula is C20H23N3OS. The molecule has 0 radical (unpaired) electrons. The van der Waals surface area contributed by atoms with E-state index in [0.717, 1.165) is 28.5 Å². The first-order valence-corrected chi connectivity index (χ1v) is 9.34. The number of aromatic nitrogens is 2. The number of nitrogens with zero attached hydrogens (tertiary/aromatic N) is 2. The summed E-state index contributed by atoms with van der Waals surface area (Å²) in [6.45, 7) is 9.36. The molecule has 0 aliphatic heterocycles. The third kappa shape index (κ3) is 3.82. The average molecular weight is 353 g/mol. The van der Waals surface area contributed by atoms with Crippen LogP contribution in [0.25, 0.3) is 11.3 Å². The van der Waals surface area contributed by atoms with Crippen LogP contribution >= 0.6 is 11.3 Å². The van der Waals surface area contributed by atoms with Gasteiger partial charge in [0.05, 0.1) is 12.1 Å². The molecule has 0 fully saturated rings. The maximum absolute atomic E-state index is 12.2. The number of carbonyl (C=O) groups excluding carboxylic acids is 1. The Morgan fingerprint density at radius 1 is 1.20 bits per heavy atom. The Hall–Kier alpha value is -2.40. The summed E-state index contributed by atoms with van der Waals surface area (Å²) in [6.07, 6.45) is 0.297. The van der Waals surface area contributed by atoms with Crippen LogP contribution in [0.2, 0.25) is 0 Å². The van der Waals surface area contributed by atoms with E-state index in [1.54, 1.807) is 0 Å². The van der Waals surface area contributed by atoms with Crippen molar-refractivity contribution in [1.82, 2.24) is 9.55 Å². The number of carbonyl (C=O) groups is 1. The van der Waals surface area contributed by atoms with E-state index in [9.17, 15) is 4.79 Å². The Kier molecular flexibility index (Phi) is 5.04. The molecule has 3 aromatic rings. The molecule has 0 atom stereocenters. The molecule has 0 saturated heterocycles. The third-order valence-electron chi connectivity index (χ3n) is 4.36. The first-order chi connectivity index (χ1) is 12.0. The minimum absolute atomic E-state index is 0.0382. The van der Waals surface area contributed by atoms with Crippen LogP contribution < -0.4 is 5.32 Å². The number of rotatable bonds is 5. The summed E-state index contributed by atoms with van der Waals surface area (Å²) in [6, 6.07) is 9.98. The van der Waals surface area contributed by atoms with Gasteiger partial charge in [-0.05, 0) is 45.9 Å². The van der Waals surface area contributed by atoms with Crippen molar-refractivity contribution in [3.63, 3.8) is 0 Å². The van der Waals surface area contributed by atoms with Crippen LogP contribution in [0.4, 0.5) is 5.69 Å². The van der Waals surface area contributed by atoms with Gasteiger partial charge in [-0.3, -0.25) is 4.79 Å². The molecule has 1 N–H and O–H groups in total. The largest absolute Gasteiger partial charge is 0.349 e. The van der Waals surface area contributed by atoms with Crippen LogP contribution in [-0.2, 0) is 17.8 Å². The minimum Gasteiger partial charge on any atom is -0.349 e. The molecule has 2 heterocycles. The van der Waals surface area contributed by atoms with Crippen molar-refractivity contribution in [1.29, 1.82) is 0 Å². The quantitative estimate of drug-likeness (QED) is 0.720. The maximum atomic E-state index is 12.2. The molecular weight excluding hydrogens is 330 g/mol. The number of hydrogen-bond acceptors (Lipinski definition) is 3. The smallest absolute Gasteiger partial charge is 0.231 e. The molecule has 4 nitrogen and oxygen atoms in total. The lowest BCUT2D eigenvalue weighted by Gasteiger charge is -2.05. The predicted octanol–water partition coefficient (Wildman–Crippen LogP) is 4.74. The van der Waals surface area contributed by atoms with E-state index in [2.05, 4.69) is 41.7 Å². The highest BCUT2D eigenvalue weighted by atomic mass is 32.1. The van der Waals surface area contributed by atoms with Crippen LogP contribution in [0, 0.1) is 20.8 Å². The maximum Gasteiger partial charge on any atom is 0.231 e. The second kappa shape index (κ2) is 7.23. The highest BCUT2D eigenvalue weighted by Crippen LogP contribution is 2.28. The summed E-state index contributed by atoms with van der Waals surface area (Å²) in [5, 5.41) is 5.80. The number of hydrogen-bond donors (Lipinski definition) is 1. The van der Waals surface area contributed by atoms with Crippen LogP contribution in [-0.4, -0.2) is 15.5 Å². The Balaban J connectivity index is 1.71. The summed E-state index contributed by atoms with van der Waals surface area (Å²) < 4.78 is 2.28. The van der Waals surface area contributed by atoms with Crippen LogP contribution in [0.15, 0.2) is 35.7 Å². The van der Waals surface area contributed by atoms with Gasteiger partial charge < -0.3 is 9.88 Å². The van der Waals surface area contributed by atoms with Crippen LogP contribution in [0.3, 0.4) is 0 Å². The molecule has 5 heteroatoms. The molecule has 0 aliphatic rings. The number of nitrogens with one attached hydrogen (secondary N) is 1. The van der Waals surface area contributed by atoms with Crippen LogP contribution in [0.1, 0.15) is 28.9 Å². The Bertz CT molecular complexity index is 890. The second-order valence-corrected chi connectivity index (χ2v) is 7.19. The molecule has 25 heavy (non-hydrogen) atoms. The fraction of sp³-hybridized carbons (Fsp3) is 0.300. The molecule has 1 amide bonds. The minimum atomic E-state index is -0.0382. The molecule has 3 rings (SSSR count). The van der Waals surface area contributed by atoms with Crippen molar-refractivity contribution in [2.75, 3.05) is 5.32 Å². The van der Waals surface area contributed by atoms with Crippen molar-refractivity contribution in [2.45, 2.75) is 40.7 Å². The lowest BCUT2D eigenvalue weighted by atomic mass is 10.2. The first kappa shape index (κ1) is 17.4. The number of aryl methyl sites for hydroxylation is 2. The van der Waals surface area contributed by atoms with Gasteiger partial charge in [-0.25, -0.2) is 4.98 Å². The van der Waals surface area contributed by atoms with Gasteiger partial charge in [-0.2, -0.15) is 0 Å². The van der Waals surface area contributed by atoms with Gasteiger partial charge >= 0.3 is 0 Å². The zero-order chi connectivity index (χ0) is 18.0. The van der Waals surface area contributed by atoms with E-state index in [-0.39, 0.29) is 5.91 Å². The Morgan fingerprint density at radius 3 is 2.56 bits per heavy atom. The van der Waals surface area contributed by atoms with Crippen molar-refractivity contribution in [3.8, 4) is 11.3 Å². The molecule has 0 unspecified atom stereocenters. The fourth-order valence-corrected chi connectivity index (χ4v) is 3.84. The summed E-state index contributed by atoms with van der Waals surface area (Å²) in [5.74, 6) is -0.0382. The van der Waals surface area contributed by atoms with E-state index in [0.29, 0.717) is 6.42 Å². The highest BCUT2D eigenvalue weighted by Gasteiger charge is 2.14. The molecule has 2 aromatic heterocycles. The molecule has 130 valence electrons. The highest BCUT2D eigenvalue weighted by molar-refractivity contribution is 7.10. The van der Waals surface area contributed by atoms with Crippen molar-refractivity contribution < 1.29 is 4.79 Å². The SMILES string of the molecule is CCn1c(C)cc(-c2csc(CC(=O)Nc3ccc(C)cc3)n2)c1C. The van der Waals surface area contributed by atoms with Gasteiger partial charge in [0.25, 0.3) is 0 Å². The molecule has 0 bridgehead atoms. The molecule has 0 saturated carbocycles. The van der Waals surface area contributed by atoms with Crippen molar-refractivity contribution in [3.05, 3.63) is 57.7 Å². The Labute approximate surface area is 152 Å². The lowest BCUT2D eigenvalue weighted by Crippen LogP contribution is -2.14. The number of amides is 1. The molecule has 0 spiro atoms. The van der Waals surface area contributed by atoms with E-state index < -0.39 is 0 Å². The fourth-order valence-electron chi connectivity index (χ4n) is 3.04. The van der Waals surface area contributed by atoms with Gasteiger partial charge in [0, 0.05) is 34.6 Å². The van der Waals surface area contributed by atoms with E-state index in [4.69, 9.17) is 0 Å². The summed E-state index contributed by atoms with van der Waals surface area (Å²) >= 11 is 1.54. The van der Waals surface area contributed by atoms with Gasteiger partial charge in [0.15, 0.2) is 0 Å². The number of benzene rings is 1. The third-order valence-corrected chi connectivity index (χ3v) is 5.21. The van der Waals surface area contributed by atoms with Gasteiger partial charge in [-0.15, -0.1) is 11.3 Å². The summed E-state index contributed by atoms with van der Waals surface area (Å²) in [5.41, 5.74) is 6.56. The topological polar surface area (TPSA) is 46.9 Å². The van der Waals surface area contributed by atoms with E-state index in [1.165, 1.54) is 28.3 Å². The van der Waals surface area contributed by atoms with Gasteiger partial charge in [0.1, 0.15) is 5.01 Å². The summed E-state index contributed by atoms with van der Waals surface area (Å²) in [4.78, 5) is 16.9. The van der Waals surface area contributed by atoms with Gasteiger partial charge in [-0.1, -0.05) is 17.7 Å². The predicted molar refractivity (Wildman–Crippen MR) is 104 cm³/mol. The van der Waals surface area contributed by atoms with Crippen molar-refractivity contribution >= 4 is 22.9 Å². The zero-order valence-corrected chi connectivity index (χ0v) is 15.9. The first-order valence-electron chi connectivity index (χ1n) is 8.46. The zero-order valence-electron chi connectivity index (χ0n) is 15.1. The van der Waals surface area contributed by atoms with Crippen LogP contribution in [0.5, 0.6) is 0 Å². The van der Waals surface area contributed by atoms with Gasteiger partial charge in [0.2, 0.25) is 5.91 Å². The number of anilines is 1. The second-order valence-electron chi connectivity index (χ2n) is 6.25. The number of thiazole rings is 1. The normalized spacial score (nSPS) is 10.9. The summed E-state index contributed by atoms with van der Waals surface area (Å²) in [7, 11) is 0. The van der Waals surface area contributed by atoms with E-state index >= 15 is 0 Å². The van der Waals surface area contributed by atoms with Crippen molar-refractivity contribution in [2.24, 2.45) is 0 Å². The molecule has 0 aliphatic carbocycles. The monoisotopic (exact) mass is 353 g/mol. The standard InChI is InChI=1S/C20H23N3OS/c1-5-23-14(3)10-17(15(23)4)18-12-25-20(22-18)11-19(24)21-16-8-6-13(2)7-9-16/h6-10,12H,5,11H2,1-4H3,(H,21,24). The lowest BCUT2D eigenvalue weighted by molar-refractivity contribution is -0.115.